The predicted molar refractivity (Wildman–Crippen MR) is 47.2 cm³/mol. The van der Waals surface area contributed by atoms with Gasteiger partial charge in [0.05, 0.1) is 5.56 Å². The summed E-state index contributed by atoms with van der Waals surface area (Å²) < 4.78 is 38.1. The fourth-order valence-electron chi connectivity index (χ4n) is 1.29. The predicted octanol–water partition coefficient (Wildman–Crippen LogP) is 0.675. The molecular weight excluding hydrogens is 224 g/mol. The molecule has 0 aliphatic carbocycles. The Hall–Kier alpha value is -1.44. The average Bonchev–Trinajstić information content (AvgIpc) is 2.42. The van der Waals surface area contributed by atoms with E-state index < -0.39 is 22.7 Å². The molecule has 1 atom stereocenters. The van der Waals surface area contributed by atoms with Crippen LogP contribution in [0.25, 0.3) is 0 Å². The zero-order valence-electron chi connectivity index (χ0n) is 7.28. The lowest BCUT2D eigenvalue weighted by atomic mass is 10.1. The Morgan fingerprint density at radius 3 is 2.67 bits per heavy atom. The second-order valence-corrected chi connectivity index (χ2v) is 3.90. The van der Waals surface area contributed by atoms with E-state index in [-0.39, 0.29) is 11.1 Å². The molecule has 1 heterocycles. The van der Waals surface area contributed by atoms with Gasteiger partial charge in [0.2, 0.25) is 6.29 Å². The zero-order valence-corrected chi connectivity index (χ0v) is 8.10. The molecule has 0 radical (unpaired) electrons. The number of hydrogen-bond acceptors (Lipinski definition) is 5. The molecule has 1 aliphatic heterocycles. The van der Waals surface area contributed by atoms with E-state index in [1.54, 1.807) is 12.1 Å². The summed E-state index contributed by atoms with van der Waals surface area (Å²) in [5.74, 6) is -0.681. The minimum Gasteiger partial charge on any atom is -0.426 e. The number of benzene rings is 1. The molecule has 15 heavy (non-hydrogen) atoms. The summed E-state index contributed by atoms with van der Waals surface area (Å²) >= 11 is 0. The highest BCUT2D eigenvalue weighted by atomic mass is 32.3. The van der Waals surface area contributed by atoms with Crippen LogP contribution in [0.5, 0.6) is 0 Å². The average molecular weight is 230 g/mol. The highest BCUT2D eigenvalue weighted by molar-refractivity contribution is 7.80. The summed E-state index contributed by atoms with van der Waals surface area (Å²) in [5, 5.41) is 0. The molecule has 1 aromatic rings. The first kappa shape index (κ1) is 10.1. The summed E-state index contributed by atoms with van der Waals surface area (Å²) in [4.78, 5) is 11.2. The van der Waals surface area contributed by atoms with Crippen molar-refractivity contribution in [3.05, 3.63) is 35.4 Å². The number of carbonyl (C=O) groups excluding carboxylic acids is 1. The molecule has 1 N–H and O–H groups in total. The Morgan fingerprint density at radius 2 is 2.00 bits per heavy atom. The number of esters is 1. The van der Waals surface area contributed by atoms with E-state index in [0.29, 0.717) is 0 Å². The molecule has 80 valence electrons. The third-order valence-corrected chi connectivity index (χ3v) is 2.28. The van der Waals surface area contributed by atoms with Gasteiger partial charge in [0, 0.05) is 5.56 Å². The molecular formula is C8H6O6S. The quantitative estimate of drug-likeness (QED) is 0.593. The van der Waals surface area contributed by atoms with Crippen LogP contribution >= 0.6 is 0 Å². The molecule has 1 aliphatic rings. The van der Waals surface area contributed by atoms with Crippen LogP contribution < -0.4 is 0 Å². The van der Waals surface area contributed by atoms with Crippen LogP contribution in [-0.2, 0) is 19.3 Å². The van der Waals surface area contributed by atoms with Gasteiger partial charge in [-0.1, -0.05) is 18.2 Å². The minimum atomic E-state index is -4.65. The van der Waals surface area contributed by atoms with E-state index in [2.05, 4.69) is 8.92 Å². The van der Waals surface area contributed by atoms with E-state index in [9.17, 15) is 13.2 Å². The molecule has 2 rings (SSSR count). The van der Waals surface area contributed by atoms with Gasteiger partial charge in [-0.2, -0.15) is 8.42 Å². The lowest BCUT2D eigenvalue weighted by Crippen LogP contribution is -2.10. The molecule has 0 saturated carbocycles. The summed E-state index contributed by atoms with van der Waals surface area (Å²) in [6.45, 7) is 0. The van der Waals surface area contributed by atoms with Crippen molar-refractivity contribution in [2.24, 2.45) is 0 Å². The smallest absolute Gasteiger partial charge is 0.400 e. The van der Waals surface area contributed by atoms with E-state index in [0.717, 1.165) is 0 Å². The Labute approximate surface area is 85.4 Å². The van der Waals surface area contributed by atoms with Crippen molar-refractivity contribution in [1.29, 1.82) is 0 Å². The SMILES string of the molecule is O=C1OC(OS(=O)(=O)O)c2ccccc21. The molecule has 0 amide bonds. The van der Waals surface area contributed by atoms with Crippen LogP contribution in [0, 0.1) is 0 Å². The Bertz CT molecular complexity index is 506. The Morgan fingerprint density at radius 1 is 1.33 bits per heavy atom. The lowest BCUT2D eigenvalue weighted by Gasteiger charge is -2.07. The highest BCUT2D eigenvalue weighted by Gasteiger charge is 2.34. The maximum Gasteiger partial charge on any atom is 0.400 e. The second-order valence-electron chi connectivity index (χ2n) is 2.85. The van der Waals surface area contributed by atoms with Crippen molar-refractivity contribution in [1.82, 2.24) is 0 Å². The van der Waals surface area contributed by atoms with E-state index in [4.69, 9.17) is 4.55 Å². The lowest BCUT2D eigenvalue weighted by molar-refractivity contribution is -0.0394. The minimum absolute atomic E-state index is 0.228. The number of fused-ring (bicyclic) bond motifs is 1. The topological polar surface area (TPSA) is 89.9 Å². The molecule has 0 fully saturated rings. The van der Waals surface area contributed by atoms with Crippen molar-refractivity contribution in [2.45, 2.75) is 6.29 Å². The van der Waals surface area contributed by atoms with Crippen LogP contribution in [0.1, 0.15) is 22.2 Å². The maximum absolute atomic E-state index is 11.2. The molecule has 6 nitrogen and oxygen atoms in total. The van der Waals surface area contributed by atoms with Gasteiger partial charge in [0.25, 0.3) is 0 Å². The van der Waals surface area contributed by atoms with Gasteiger partial charge in [0.1, 0.15) is 0 Å². The van der Waals surface area contributed by atoms with Crippen LogP contribution in [0.15, 0.2) is 24.3 Å². The van der Waals surface area contributed by atoms with Gasteiger partial charge >= 0.3 is 16.4 Å². The first-order valence-corrected chi connectivity index (χ1v) is 5.29. The van der Waals surface area contributed by atoms with Gasteiger partial charge in [-0.05, 0) is 6.07 Å². The van der Waals surface area contributed by atoms with Crippen LogP contribution in [0.4, 0.5) is 0 Å². The van der Waals surface area contributed by atoms with Crippen molar-refractivity contribution < 1.29 is 26.7 Å². The molecule has 0 spiro atoms. The molecule has 1 unspecified atom stereocenters. The van der Waals surface area contributed by atoms with Gasteiger partial charge < -0.3 is 4.74 Å². The number of carbonyl (C=O) groups is 1. The summed E-state index contributed by atoms with van der Waals surface area (Å²) in [5.41, 5.74) is 0.506. The standard InChI is InChI=1S/C8H6O6S/c9-7-5-3-1-2-4-6(5)8(13-7)14-15(10,11)12/h1-4,8H,(H,10,11,12). The van der Waals surface area contributed by atoms with Crippen LogP contribution in [-0.4, -0.2) is 18.9 Å². The third-order valence-electron chi connectivity index (χ3n) is 1.86. The monoisotopic (exact) mass is 230 g/mol. The first-order valence-electron chi connectivity index (χ1n) is 3.93. The number of rotatable bonds is 2. The molecule has 0 bridgehead atoms. The third kappa shape index (κ3) is 1.99. The maximum atomic E-state index is 11.2. The van der Waals surface area contributed by atoms with E-state index in [1.165, 1.54) is 12.1 Å². The Balaban J connectivity index is 2.37. The van der Waals surface area contributed by atoms with E-state index in [1.807, 2.05) is 0 Å². The van der Waals surface area contributed by atoms with Gasteiger partial charge in [-0.25, -0.2) is 8.98 Å². The number of ether oxygens (including phenoxy) is 1. The van der Waals surface area contributed by atoms with Crippen LogP contribution in [0.2, 0.25) is 0 Å². The van der Waals surface area contributed by atoms with Crippen molar-refractivity contribution in [2.75, 3.05) is 0 Å². The second kappa shape index (κ2) is 3.30. The van der Waals surface area contributed by atoms with Gasteiger partial charge in [-0.3, -0.25) is 4.55 Å². The first-order chi connectivity index (χ1) is 6.97. The van der Waals surface area contributed by atoms with Crippen molar-refractivity contribution in [3.63, 3.8) is 0 Å². The molecule has 0 aromatic heterocycles. The van der Waals surface area contributed by atoms with Crippen LogP contribution in [0.3, 0.4) is 0 Å². The normalized spacial score (nSPS) is 19.8. The van der Waals surface area contributed by atoms with E-state index >= 15 is 0 Å². The largest absolute Gasteiger partial charge is 0.426 e. The van der Waals surface area contributed by atoms with Gasteiger partial charge in [-0.15, -0.1) is 0 Å². The molecule has 7 heteroatoms. The van der Waals surface area contributed by atoms with Crippen molar-refractivity contribution >= 4 is 16.4 Å². The fourth-order valence-corrected chi connectivity index (χ4v) is 1.66. The Kier molecular flexibility index (Phi) is 2.22. The summed E-state index contributed by atoms with van der Waals surface area (Å²) in [6, 6.07) is 6.16. The fraction of sp³-hybridized carbons (Fsp3) is 0.125. The molecule has 0 saturated heterocycles. The summed E-state index contributed by atoms with van der Waals surface area (Å²) in [7, 11) is -4.65. The van der Waals surface area contributed by atoms with Crippen molar-refractivity contribution in [3.8, 4) is 0 Å². The summed E-state index contributed by atoms with van der Waals surface area (Å²) in [6.07, 6.45) is -1.40. The highest BCUT2D eigenvalue weighted by Crippen LogP contribution is 2.31. The number of cyclic esters (lactones) is 1. The zero-order chi connectivity index (χ0) is 11.1. The number of hydrogen-bond donors (Lipinski definition) is 1. The van der Waals surface area contributed by atoms with Gasteiger partial charge in [0.15, 0.2) is 0 Å². The molecule has 1 aromatic carbocycles.